The van der Waals surface area contributed by atoms with E-state index in [-0.39, 0.29) is 12.4 Å². The number of imidazole rings is 1. The molecular weight excluding hydrogens is 182 g/mol. The van der Waals surface area contributed by atoms with E-state index in [9.17, 15) is 4.79 Å². The van der Waals surface area contributed by atoms with Crippen molar-refractivity contribution >= 4 is 5.97 Å². The molecule has 0 saturated heterocycles. The van der Waals surface area contributed by atoms with Crippen LogP contribution >= 0.6 is 0 Å². The average Bonchev–Trinajstić information content (AvgIpc) is 2.51. The van der Waals surface area contributed by atoms with Crippen LogP contribution in [-0.2, 0) is 21.5 Å². The molecule has 0 aliphatic rings. The quantitative estimate of drug-likeness (QED) is 0.684. The number of nitrogens with one attached hydrogen (secondary N) is 1. The summed E-state index contributed by atoms with van der Waals surface area (Å²) < 4.78 is 4.52. The Labute approximate surface area is 82.7 Å². The number of nitrogens with zero attached hydrogens (tertiary/aromatic N) is 1. The molecule has 1 rings (SSSR count). The Morgan fingerprint density at radius 1 is 1.71 bits per heavy atom. The third-order valence-electron chi connectivity index (χ3n) is 1.86. The Morgan fingerprint density at radius 2 is 2.36 bits per heavy atom. The van der Waals surface area contributed by atoms with Crippen molar-refractivity contribution in [3.05, 3.63) is 17.7 Å². The highest BCUT2D eigenvalue weighted by molar-refractivity contribution is 5.71. The van der Waals surface area contributed by atoms with E-state index >= 15 is 0 Å². The molecule has 3 N–H and O–H groups in total. The first-order chi connectivity index (χ1) is 6.43. The first-order valence-corrected chi connectivity index (χ1v) is 4.33. The molecule has 78 valence electrons. The third kappa shape index (κ3) is 2.56. The van der Waals surface area contributed by atoms with Gasteiger partial charge in [0.2, 0.25) is 0 Å². The summed E-state index contributed by atoms with van der Waals surface area (Å²) in [6, 6.07) is 0. The van der Waals surface area contributed by atoms with Crippen molar-refractivity contribution in [3.63, 3.8) is 0 Å². The predicted octanol–water partition coefficient (Wildman–Crippen LogP) is 0.319. The zero-order valence-electron chi connectivity index (χ0n) is 8.63. The molecule has 0 atom stereocenters. The molecule has 14 heavy (non-hydrogen) atoms. The SMILES string of the molecule is COC(=O)Cc1ncc(C(C)(C)N)[nH]1. The molecule has 0 aliphatic heterocycles. The molecule has 0 fully saturated rings. The van der Waals surface area contributed by atoms with E-state index in [4.69, 9.17) is 5.73 Å². The number of hydrogen-bond acceptors (Lipinski definition) is 4. The number of H-pyrrole nitrogens is 1. The number of carbonyl (C=O) groups excluding carboxylic acids is 1. The number of rotatable bonds is 3. The van der Waals surface area contributed by atoms with Crippen molar-refractivity contribution in [2.45, 2.75) is 25.8 Å². The highest BCUT2D eigenvalue weighted by Gasteiger charge is 2.17. The Balaban J connectivity index is 2.74. The highest BCUT2D eigenvalue weighted by atomic mass is 16.5. The van der Waals surface area contributed by atoms with E-state index in [0.29, 0.717) is 5.82 Å². The second kappa shape index (κ2) is 3.79. The molecule has 0 spiro atoms. The first-order valence-electron chi connectivity index (χ1n) is 4.33. The molecule has 0 amide bonds. The van der Waals surface area contributed by atoms with Crippen LogP contribution in [-0.4, -0.2) is 23.0 Å². The van der Waals surface area contributed by atoms with Crippen LogP contribution in [0.25, 0.3) is 0 Å². The summed E-state index contributed by atoms with van der Waals surface area (Å²) in [5, 5.41) is 0. The zero-order chi connectivity index (χ0) is 10.8. The summed E-state index contributed by atoms with van der Waals surface area (Å²) >= 11 is 0. The summed E-state index contributed by atoms with van der Waals surface area (Å²) in [7, 11) is 1.35. The molecule has 1 aromatic rings. The minimum atomic E-state index is -0.471. The van der Waals surface area contributed by atoms with Gasteiger partial charge in [0.15, 0.2) is 0 Å². The van der Waals surface area contributed by atoms with Crippen LogP contribution in [0.5, 0.6) is 0 Å². The number of hydrogen-bond donors (Lipinski definition) is 2. The smallest absolute Gasteiger partial charge is 0.313 e. The summed E-state index contributed by atoms with van der Waals surface area (Å²) in [6.07, 6.45) is 1.78. The number of ether oxygens (including phenoxy) is 1. The Hall–Kier alpha value is -1.36. The summed E-state index contributed by atoms with van der Waals surface area (Å²) in [6.45, 7) is 3.73. The van der Waals surface area contributed by atoms with Gasteiger partial charge in [-0.1, -0.05) is 0 Å². The third-order valence-corrected chi connectivity index (χ3v) is 1.86. The second-order valence-electron chi connectivity index (χ2n) is 3.72. The van der Waals surface area contributed by atoms with E-state index in [1.54, 1.807) is 6.20 Å². The molecule has 0 saturated carbocycles. The number of methoxy groups -OCH3 is 1. The molecule has 0 aromatic carbocycles. The lowest BCUT2D eigenvalue weighted by Gasteiger charge is -2.15. The fourth-order valence-electron chi connectivity index (χ4n) is 0.989. The van der Waals surface area contributed by atoms with Crippen molar-refractivity contribution in [1.82, 2.24) is 9.97 Å². The van der Waals surface area contributed by atoms with E-state index in [0.717, 1.165) is 5.69 Å². The maximum absolute atomic E-state index is 10.9. The molecule has 0 bridgehead atoms. The minimum Gasteiger partial charge on any atom is -0.469 e. The van der Waals surface area contributed by atoms with Crippen LogP contribution < -0.4 is 5.73 Å². The van der Waals surface area contributed by atoms with E-state index in [2.05, 4.69) is 14.7 Å². The highest BCUT2D eigenvalue weighted by Crippen LogP contribution is 2.13. The predicted molar refractivity (Wildman–Crippen MR) is 51.5 cm³/mol. The maximum Gasteiger partial charge on any atom is 0.313 e. The normalized spacial score (nSPS) is 11.4. The molecule has 1 heterocycles. The lowest BCUT2D eigenvalue weighted by atomic mass is 10.0. The van der Waals surface area contributed by atoms with Gasteiger partial charge in [0.05, 0.1) is 24.5 Å². The number of carbonyl (C=O) groups is 1. The number of aromatic nitrogens is 2. The topological polar surface area (TPSA) is 81.0 Å². The van der Waals surface area contributed by atoms with Crippen molar-refractivity contribution in [2.24, 2.45) is 5.73 Å². The Kier molecular flexibility index (Phi) is 2.90. The van der Waals surface area contributed by atoms with Crippen LogP contribution in [0.4, 0.5) is 0 Å². The fourth-order valence-corrected chi connectivity index (χ4v) is 0.989. The van der Waals surface area contributed by atoms with Crippen molar-refractivity contribution < 1.29 is 9.53 Å². The van der Waals surface area contributed by atoms with Crippen LogP contribution in [0.2, 0.25) is 0 Å². The zero-order valence-corrected chi connectivity index (χ0v) is 8.63. The van der Waals surface area contributed by atoms with Gasteiger partial charge < -0.3 is 15.5 Å². The number of aromatic amines is 1. The Morgan fingerprint density at radius 3 is 2.79 bits per heavy atom. The van der Waals surface area contributed by atoms with Gasteiger partial charge in [0, 0.05) is 0 Å². The number of nitrogens with two attached hydrogens (primary N) is 1. The monoisotopic (exact) mass is 197 g/mol. The minimum absolute atomic E-state index is 0.145. The van der Waals surface area contributed by atoms with Gasteiger partial charge >= 0.3 is 5.97 Å². The molecular formula is C9H15N3O2. The molecule has 0 aliphatic carbocycles. The van der Waals surface area contributed by atoms with Crippen LogP contribution in [0.15, 0.2) is 6.20 Å². The van der Waals surface area contributed by atoms with Gasteiger partial charge in [0.25, 0.3) is 0 Å². The van der Waals surface area contributed by atoms with Crippen molar-refractivity contribution in [2.75, 3.05) is 7.11 Å². The van der Waals surface area contributed by atoms with E-state index < -0.39 is 5.54 Å². The van der Waals surface area contributed by atoms with Gasteiger partial charge in [-0.2, -0.15) is 0 Å². The van der Waals surface area contributed by atoms with Gasteiger partial charge in [0.1, 0.15) is 12.2 Å². The first kappa shape index (κ1) is 10.7. The van der Waals surface area contributed by atoms with Gasteiger partial charge in [-0.15, -0.1) is 0 Å². The summed E-state index contributed by atoms with van der Waals surface area (Å²) in [5.41, 5.74) is 6.18. The van der Waals surface area contributed by atoms with Crippen molar-refractivity contribution in [1.29, 1.82) is 0 Å². The van der Waals surface area contributed by atoms with E-state index in [1.807, 2.05) is 13.8 Å². The van der Waals surface area contributed by atoms with Gasteiger partial charge in [-0.25, -0.2) is 4.98 Å². The molecule has 1 aromatic heterocycles. The van der Waals surface area contributed by atoms with E-state index in [1.165, 1.54) is 7.11 Å². The largest absolute Gasteiger partial charge is 0.469 e. The number of esters is 1. The maximum atomic E-state index is 10.9. The second-order valence-corrected chi connectivity index (χ2v) is 3.72. The van der Waals surface area contributed by atoms with Gasteiger partial charge in [-0.05, 0) is 13.8 Å². The average molecular weight is 197 g/mol. The Bertz CT molecular complexity index is 325. The summed E-state index contributed by atoms with van der Waals surface area (Å²) in [5.74, 6) is 0.256. The molecule has 5 heteroatoms. The van der Waals surface area contributed by atoms with Crippen LogP contribution in [0.3, 0.4) is 0 Å². The molecule has 0 radical (unpaired) electrons. The fraction of sp³-hybridized carbons (Fsp3) is 0.556. The standard InChI is InChI=1S/C9H15N3O2/c1-9(2,10)6-5-11-7(12-6)4-8(13)14-3/h5H,4,10H2,1-3H3,(H,11,12). The lowest BCUT2D eigenvalue weighted by molar-refractivity contribution is -0.139. The molecule has 0 unspecified atom stereocenters. The lowest BCUT2D eigenvalue weighted by Crippen LogP contribution is -2.29. The summed E-state index contributed by atoms with van der Waals surface area (Å²) in [4.78, 5) is 17.9. The van der Waals surface area contributed by atoms with Crippen LogP contribution in [0, 0.1) is 0 Å². The van der Waals surface area contributed by atoms with Crippen LogP contribution in [0.1, 0.15) is 25.4 Å². The molecule has 5 nitrogen and oxygen atoms in total. The van der Waals surface area contributed by atoms with Gasteiger partial charge in [-0.3, -0.25) is 4.79 Å². The van der Waals surface area contributed by atoms with Crippen molar-refractivity contribution in [3.8, 4) is 0 Å².